The van der Waals surface area contributed by atoms with Crippen molar-refractivity contribution in [2.24, 2.45) is 0 Å². The van der Waals surface area contributed by atoms with Gasteiger partial charge in [0.15, 0.2) is 11.5 Å². The van der Waals surface area contributed by atoms with Crippen molar-refractivity contribution < 1.29 is 14.3 Å². The Balaban J connectivity index is 2.67. The molecular formula is C13H16ClNO3. The number of benzene rings is 1. The van der Waals surface area contributed by atoms with E-state index in [0.717, 1.165) is 5.56 Å². The molecular weight excluding hydrogens is 254 g/mol. The van der Waals surface area contributed by atoms with Crippen LogP contribution >= 0.6 is 11.6 Å². The van der Waals surface area contributed by atoms with Gasteiger partial charge in [-0.1, -0.05) is 24.2 Å². The standard InChI is InChI=1S/C13H16ClNO3/c1-9(14)8-15-13(16)7-10-4-5-11(17-2)12(6-10)18-3/h4-6H,1,7-8H2,2-3H3,(H,15,16). The fourth-order valence-electron chi connectivity index (χ4n) is 1.43. The van der Waals surface area contributed by atoms with Gasteiger partial charge in [0, 0.05) is 5.03 Å². The first-order chi connectivity index (χ1) is 8.56. The number of ether oxygens (including phenoxy) is 2. The Bertz CT molecular complexity index is 446. The molecule has 0 heterocycles. The molecule has 0 saturated carbocycles. The Hall–Kier alpha value is -1.68. The highest BCUT2D eigenvalue weighted by atomic mass is 35.5. The fraction of sp³-hybridized carbons (Fsp3) is 0.308. The first kappa shape index (κ1) is 14.4. The van der Waals surface area contributed by atoms with Crippen molar-refractivity contribution in [1.29, 1.82) is 0 Å². The third kappa shape index (κ3) is 4.30. The first-order valence-corrected chi connectivity index (χ1v) is 5.75. The topological polar surface area (TPSA) is 47.6 Å². The number of hydrogen-bond donors (Lipinski definition) is 1. The minimum Gasteiger partial charge on any atom is -0.493 e. The lowest BCUT2D eigenvalue weighted by Gasteiger charge is -2.09. The van der Waals surface area contributed by atoms with Crippen LogP contribution in [0.15, 0.2) is 29.8 Å². The summed E-state index contributed by atoms with van der Waals surface area (Å²) in [5.41, 5.74) is 0.838. The lowest BCUT2D eigenvalue weighted by atomic mass is 10.1. The zero-order valence-corrected chi connectivity index (χ0v) is 11.2. The summed E-state index contributed by atoms with van der Waals surface area (Å²) in [5.74, 6) is 1.12. The van der Waals surface area contributed by atoms with Gasteiger partial charge in [-0.2, -0.15) is 0 Å². The molecule has 0 bridgehead atoms. The SMILES string of the molecule is C=C(Cl)CNC(=O)Cc1ccc(OC)c(OC)c1. The van der Waals surface area contributed by atoms with Crippen LogP contribution in [-0.4, -0.2) is 26.7 Å². The molecule has 1 N–H and O–H groups in total. The largest absolute Gasteiger partial charge is 0.493 e. The average molecular weight is 270 g/mol. The van der Waals surface area contributed by atoms with Gasteiger partial charge in [-0.15, -0.1) is 0 Å². The molecule has 0 aliphatic rings. The van der Waals surface area contributed by atoms with Gasteiger partial charge in [-0.3, -0.25) is 4.79 Å². The van der Waals surface area contributed by atoms with E-state index >= 15 is 0 Å². The number of hydrogen-bond acceptors (Lipinski definition) is 3. The molecule has 1 aromatic carbocycles. The molecule has 0 aliphatic carbocycles. The summed E-state index contributed by atoms with van der Waals surface area (Å²) in [6, 6.07) is 5.35. The summed E-state index contributed by atoms with van der Waals surface area (Å²) >= 11 is 5.57. The molecule has 0 aliphatic heterocycles. The highest BCUT2D eigenvalue weighted by molar-refractivity contribution is 6.29. The minimum absolute atomic E-state index is 0.121. The number of halogens is 1. The molecule has 0 fully saturated rings. The molecule has 4 nitrogen and oxygen atoms in total. The Kier molecular flexibility index (Phi) is 5.52. The van der Waals surface area contributed by atoms with Gasteiger partial charge >= 0.3 is 0 Å². The lowest BCUT2D eigenvalue weighted by Crippen LogP contribution is -2.26. The second kappa shape index (κ2) is 6.91. The molecule has 98 valence electrons. The zero-order valence-electron chi connectivity index (χ0n) is 10.5. The van der Waals surface area contributed by atoms with E-state index < -0.39 is 0 Å². The summed E-state index contributed by atoms with van der Waals surface area (Å²) in [7, 11) is 3.12. The number of methoxy groups -OCH3 is 2. The lowest BCUT2D eigenvalue weighted by molar-refractivity contribution is -0.120. The van der Waals surface area contributed by atoms with Crippen molar-refractivity contribution in [1.82, 2.24) is 5.32 Å². The van der Waals surface area contributed by atoms with Crippen LogP contribution in [0.4, 0.5) is 0 Å². The van der Waals surface area contributed by atoms with Crippen molar-refractivity contribution >= 4 is 17.5 Å². The van der Waals surface area contributed by atoms with E-state index in [9.17, 15) is 4.79 Å². The first-order valence-electron chi connectivity index (χ1n) is 5.37. The molecule has 0 aromatic heterocycles. The summed E-state index contributed by atoms with van der Waals surface area (Å²) in [4.78, 5) is 11.6. The molecule has 0 atom stereocenters. The maximum Gasteiger partial charge on any atom is 0.224 e. The molecule has 5 heteroatoms. The van der Waals surface area contributed by atoms with Crippen LogP contribution in [0.2, 0.25) is 0 Å². The molecule has 1 rings (SSSR count). The number of nitrogens with one attached hydrogen (secondary N) is 1. The number of carbonyl (C=O) groups is 1. The van der Waals surface area contributed by atoms with Crippen LogP contribution in [-0.2, 0) is 11.2 Å². The quantitative estimate of drug-likeness (QED) is 0.860. The van der Waals surface area contributed by atoms with Gasteiger partial charge in [-0.05, 0) is 17.7 Å². The van der Waals surface area contributed by atoms with Crippen LogP contribution in [0.25, 0.3) is 0 Å². The summed E-state index contributed by atoms with van der Waals surface area (Å²) in [5, 5.41) is 3.05. The molecule has 1 aromatic rings. The minimum atomic E-state index is -0.121. The third-order valence-corrected chi connectivity index (χ3v) is 2.42. The summed E-state index contributed by atoms with van der Waals surface area (Å²) < 4.78 is 10.3. The Morgan fingerprint density at radius 2 is 2.00 bits per heavy atom. The highest BCUT2D eigenvalue weighted by Crippen LogP contribution is 2.27. The second-order valence-electron chi connectivity index (χ2n) is 3.66. The van der Waals surface area contributed by atoms with E-state index in [-0.39, 0.29) is 18.9 Å². The van der Waals surface area contributed by atoms with Crippen LogP contribution in [0.5, 0.6) is 11.5 Å². The van der Waals surface area contributed by atoms with E-state index in [1.807, 2.05) is 6.07 Å². The average Bonchev–Trinajstić information content (AvgIpc) is 2.36. The predicted octanol–water partition coefficient (Wildman–Crippen LogP) is 2.12. The van der Waals surface area contributed by atoms with Gasteiger partial charge < -0.3 is 14.8 Å². The zero-order chi connectivity index (χ0) is 13.5. The normalized spacial score (nSPS) is 9.72. The van der Waals surface area contributed by atoms with Crippen LogP contribution in [0.1, 0.15) is 5.56 Å². The number of rotatable bonds is 6. The van der Waals surface area contributed by atoms with E-state index in [2.05, 4.69) is 11.9 Å². The van der Waals surface area contributed by atoms with E-state index in [0.29, 0.717) is 16.5 Å². The van der Waals surface area contributed by atoms with Gasteiger partial charge in [0.1, 0.15) is 0 Å². The van der Waals surface area contributed by atoms with Crippen molar-refractivity contribution in [2.45, 2.75) is 6.42 Å². The maximum absolute atomic E-state index is 11.6. The highest BCUT2D eigenvalue weighted by Gasteiger charge is 2.08. The van der Waals surface area contributed by atoms with Gasteiger partial charge in [-0.25, -0.2) is 0 Å². The van der Waals surface area contributed by atoms with E-state index in [1.54, 1.807) is 26.4 Å². The van der Waals surface area contributed by atoms with Gasteiger partial charge in [0.2, 0.25) is 5.91 Å². The molecule has 0 unspecified atom stereocenters. The molecule has 18 heavy (non-hydrogen) atoms. The fourth-order valence-corrected chi connectivity index (χ4v) is 1.50. The Labute approximate surface area is 112 Å². The maximum atomic E-state index is 11.6. The smallest absolute Gasteiger partial charge is 0.224 e. The summed E-state index contributed by atoms with van der Waals surface area (Å²) in [6.07, 6.45) is 0.254. The predicted molar refractivity (Wildman–Crippen MR) is 71.3 cm³/mol. The van der Waals surface area contributed by atoms with Crippen molar-refractivity contribution in [3.05, 3.63) is 35.4 Å². The molecule has 1 amide bonds. The third-order valence-electron chi connectivity index (χ3n) is 2.29. The Morgan fingerprint density at radius 3 is 2.56 bits per heavy atom. The van der Waals surface area contributed by atoms with Crippen LogP contribution < -0.4 is 14.8 Å². The number of carbonyl (C=O) groups excluding carboxylic acids is 1. The van der Waals surface area contributed by atoms with Crippen molar-refractivity contribution in [3.8, 4) is 11.5 Å². The van der Waals surface area contributed by atoms with E-state index in [4.69, 9.17) is 21.1 Å². The Morgan fingerprint density at radius 1 is 1.33 bits per heavy atom. The van der Waals surface area contributed by atoms with Gasteiger partial charge in [0.25, 0.3) is 0 Å². The van der Waals surface area contributed by atoms with Crippen molar-refractivity contribution in [3.63, 3.8) is 0 Å². The van der Waals surface area contributed by atoms with Crippen molar-refractivity contribution in [2.75, 3.05) is 20.8 Å². The van der Waals surface area contributed by atoms with Crippen LogP contribution in [0.3, 0.4) is 0 Å². The second-order valence-corrected chi connectivity index (χ2v) is 4.19. The van der Waals surface area contributed by atoms with Gasteiger partial charge in [0.05, 0.1) is 27.2 Å². The van der Waals surface area contributed by atoms with E-state index in [1.165, 1.54) is 0 Å². The number of amides is 1. The monoisotopic (exact) mass is 269 g/mol. The summed E-state index contributed by atoms with van der Waals surface area (Å²) in [6.45, 7) is 3.77. The molecule has 0 saturated heterocycles. The van der Waals surface area contributed by atoms with Crippen LogP contribution in [0, 0.1) is 0 Å². The molecule has 0 spiro atoms. The molecule has 0 radical (unpaired) electrons.